The first-order chi connectivity index (χ1) is 9.13. The summed E-state index contributed by atoms with van der Waals surface area (Å²) >= 11 is 0. The van der Waals surface area contributed by atoms with Gasteiger partial charge in [-0.2, -0.15) is 0 Å². The molecule has 1 aromatic rings. The minimum atomic E-state index is -0.117. The lowest BCUT2D eigenvalue weighted by Crippen LogP contribution is -2.22. The number of amides is 1. The molecule has 1 N–H and O–H groups in total. The third-order valence-corrected chi connectivity index (χ3v) is 2.97. The van der Waals surface area contributed by atoms with E-state index in [9.17, 15) is 4.79 Å². The molecule has 19 heavy (non-hydrogen) atoms. The minimum Gasteiger partial charge on any atom is -0.374 e. The maximum atomic E-state index is 10.9. The highest BCUT2D eigenvalue weighted by Gasteiger charge is 2.04. The van der Waals surface area contributed by atoms with Crippen LogP contribution in [0.4, 0.5) is 0 Å². The van der Waals surface area contributed by atoms with Crippen LogP contribution in [0.5, 0.6) is 0 Å². The minimum absolute atomic E-state index is 0.114. The Balaban J connectivity index is 2.13. The highest BCUT2D eigenvalue weighted by molar-refractivity contribution is 5.86. The number of unbranched alkanes of at least 4 members (excludes halogenated alkanes) is 1. The highest BCUT2D eigenvalue weighted by atomic mass is 16.5. The summed E-state index contributed by atoms with van der Waals surface area (Å²) in [6.07, 6.45) is 3.26. The third-order valence-electron chi connectivity index (χ3n) is 2.97. The van der Waals surface area contributed by atoms with E-state index in [1.165, 1.54) is 17.2 Å². The fourth-order valence-corrected chi connectivity index (χ4v) is 1.70. The standard InChI is InChI=1S/C16H23NO2/c1-4-16(18)17-11-5-6-12-19-14(3)15-9-7-13(2)8-10-15/h4,7-10,14H,1,5-6,11-12H2,2-3H3,(H,17,18). The molecule has 0 radical (unpaired) electrons. The number of rotatable bonds is 8. The molecule has 1 atom stereocenters. The van der Waals surface area contributed by atoms with Gasteiger partial charge < -0.3 is 10.1 Å². The second-order valence-electron chi connectivity index (χ2n) is 4.63. The van der Waals surface area contributed by atoms with Crippen molar-refractivity contribution < 1.29 is 9.53 Å². The molecule has 3 nitrogen and oxygen atoms in total. The van der Waals surface area contributed by atoms with E-state index in [0.29, 0.717) is 13.2 Å². The van der Waals surface area contributed by atoms with Crippen LogP contribution in [-0.2, 0) is 9.53 Å². The van der Waals surface area contributed by atoms with E-state index in [2.05, 4.69) is 50.0 Å². The average molecular weight is 261 g/mol. The van der Waals surface area contributed by atoms with Gasteiger partial charge in [0.25, 0.3) is 0 Å². The largest absolute Gasteiger partial charge is 0.374 e. The van der Waals surface area contributed by atoms with Gasteiger partial charge in [-0.3, -0.25) is 4.79 Å². The van der Waals surface area contributed by atoms with Crippen LogP contribution >= 0.6 is 0 Å². The molecule has 1 unspecified atom stereocenters. The zero-order chi connectivity index (χ0) is 14.1. The summed E-state index contributed by atoms with van der Waals surface area (Å²) in [6.45, 7) is 8.92. The zero-order valence-electron chi connectivity index (χ0n) is 11.8. The van der Waals surface area contributed by atoms with Crippen LogP contribution in [0.1, 0.15) is 37.0 Å². The van der Waals surface area contributed by atoms with E-state index in [1.807, 2.05) is 0 Å². The second kappa shape index (κ2) is 8.48. The fraction of sp³-hybridized carbons (Fsp3) is 0.438. The van der Waals surface area contributed by atoms with Gasteiger partial charge in [0.1, 0.15) is 0 Å². The average Bonchev–Trinajstić information content (AvgIpc) is 2.42. The molecule has 104 valence electrons. The van der Waals surface area contributed by atoms with Gasteiger partial charge in [-0.1, -0.05) is 36.4 Å². The molecule has 1 amide bonds. The number of ether oxygens (including phenoxy) is 1. The number of carbonyl (C=O) groups excluding carboxylic acids is 1. The monoisotopic (exact) mass is 261 g/mol. The van der Waals surface area contributed by atoms with Gasteiger partial charge in [0.05, 0.1) is 6.10 Å². The van der Waals surface area contributed by atoms with Crippen molar-refractivity contribution in [2.24, 2.45) is 0 Å². The summed E-state index contributed by atoms with van der Waals surface area (Å²) in [5.74, 6) is -0.117. The van der Waals surface area contributed by atoms with Crippen LogP contribution in [-0.4, -0.2) is 19.1 Å². The van der Waals surface area contributed by atoms with E-state index < -0.39 is 0 Å². The Hall–Kier alpha value is -1.61. The summed E-state index contributed by atoms with van der Waals surface area (Å²) in [5, 5.41) is 2.75. The van der Waals surface area contributed by atoms with Gasteiger partial charge in [-0.25, -0.2) is 0 Å². The Bertz CT molecular complexity index is 398. The van der Waals surface area contributed by atoms with E-state index in [1.54, 1.807) is 0 Å². The van der Waals surface area contributed by atoms with Crippen LogP contribution in [0.25, 0.3) is 0 Å². The Morgan fingerprint density at radius 1 is 1.37 bits per heavy atom. The predicted octanol–water partition coefficient (Wildman–Crippen LogP) is 3.16. The van der Waals surface area contributed by atoms with Crippen molar-refractivity contribution in [1.29, 1.82) is 0 Å². The Morgan fingerprint density at radius 3 is 2.68 bits per heavy atom. The molecule has 1 aromatic carbocycles. The summed E-state index contributed by atoms with van der Waals surface area (Å²) in [5.41, 5.74) is 2.46. The molecular formula is C16H23NO2. The lowest BCUT2D eigenvalue weighted by molar-refractivity contribution is -0.116. The van der Waals surface area contributed by atoms with E-state index in [4.69, 9.17) is 4.74 Å². The molecule has 0 saturated heterocycles. The van der Waals surface area contributed by atoms with Crippen LogP contribution in [0.15, 0.2) is 36.9 Å². The van der Waals surface area contributed by atoms with Crippen LogP contribution in [0.2, 0.25) is 0 Å². The van der Waals surface area contributed by atoms with Crippen molar-refractivity contribution in [3.05, 3.63) is 48.0 Å². The van der Waals surface area contributed by atoms with E-state index in [0.717, 1.165) is 12.8 Å². The lowest BCUT2D eigenvalue weighted by atomic mass is 10.1. The van der Waals surface area contributed by atoms with Gasteiger partial charge in [0, 0.05) is 13.2 Å². The Morgan fingerprint density at radius 2 is 2.05 bits per heavy atom. The molecule has 0 fully saturated rings. The van der Waals surface area contributed by atoms with E-state index >= 15 is 0 Å². The molecule has 0 aliphatic heterocycles. The van der Waals surface area contributed by atoms with Gasteiger partial charge in [0.15, 0.2) is 0 Å². The summed E-state index contributed by atoms with van der Waals surface area (Å²) < 4.78 is 5.77. The molecule has 0 aliphatic rings. The second-order valence-corrected chi connectivity index (χ2v) is 4.63. The lowest BCUT2D eigenvalue weighted by Gasteiger charge is -2.13. The molecule has 0 spiro atoms. The molecule has 3 heteroatoms. The van der Waals surface area contributed by atoms with Crippen LogP contribution in [0, 0.1) is 6.92 Å². The smallest absolute Gasteiger partial charge is 0.243 e. The van der Waals surface area contributed by atoms with Crippen molar-refractivity contribution >= 4 is 5.91 Å². The van der Waals surface area contributed by atoms with Gasteiger partial charge >= 0.3 is 0 Å². The van der Waals surface area contributed by atoms with Crippen LogP contribution in [0.3, 0.4) is 0 Å². The van der Waals surface area contributed by atoms with Crippen molar-refractivity contribution in [3.63, 3.8) is 0 Å². The predicted molar refractivity (Wildman–Crippen MR) is 78.0 cm³/mol. The zero-order valence-corrected chi connectivity index (χ0v) is 11.8. The quantitative estimate of drug-likeness (QED) is 0.576. The number of nitrogens with one attached hydrogen (secondary N) is 1. The summed E-state index contributed by atoms with van der Waals surface area (Å²) in [4.78, 5) is 10.9. The van der Waals surface area contributed by atoms with Crippen molar-refractivity contribution in [2.75, 3.05) is 13.2 Å². The molecule has 0 saturated carbocycles. The SMILES string of the molecule is C=CC(=O)NCCCCOC(C)c1ccc(C)cc1. The summed E-state index contributed by atoms with van der Waals surface area (Å²) in [6, 6.07) is 8.40. The Kier molecular flexibility index (Phi) is 6.90. The van der Waals surface area contributed by atoms with Gasteiger partial charge in [-0.15, -0.1) is 0 Å². The molecule has 0 heterocycles. The molecule has 0 aliphatic carbocycles. The Labute approximate surface area is 115 Å². The normalized spacial score (nSPS) is 11.9. The third kappa shape index (κ3) is 6.20. The number of benzene rings is 1. The first-order valence-corrected chi connectivity index (χ1v) is 6.72. The molecule has 1 rings (SSSR count). The number of carbonyl (C=O) groups is 1. The number of hydrogen-bond donors (Lipinski definition) is 1. The van der Waals surface area contributed by atoms with Crippen LogP contribution < -0.4 is 5.32 Å². The number of aryl methyl sites for hydroxylation is 1. The van der Waals surface area contributed by atoms with Crippen molar-refractivity contribution in [3.8, 4) is 0 Å². The van der Waals surface area contributed by atoms with Crippen molar-refractivity contribution in [1.82, 2.24) is 5.32 Å². The maximum Gasteiger partial charge on any atom is 0.243 e. The highest BCUT2D eigenvalue weighted by Crippen LogP contribution is 2.17. The van der Waals surface area contributed by atoms with E-state index in [-0.39, 0.29) is 12.0 Å². The number of hydrogen-bond acceptors (Lipinski definition) is 2. The van der Waals surface area contributed by atoms with Gasteiger partial charge in [-0.05, 0) is 38.3 Å². The first kappa shape index (κ1) is 15.4. The first-order valence-electron chi connectivity index (χ1n) is 6.72. The topological polar surface area (TPSA) is 38.3 Å². The molecule has 0 aromatic heterocycles. The molecule has 0 bridgehead atoms. The molecular weight excluding hydrogens is 238 g/mol. The van der Waals surface area contributed by atoms with Gasteiger partial charge in [0.2, 0.25) is 5.91 Å². The summed E-state index contributed by atoms with van der Waals surface area (Å²) in [7, 11) is 0. The fourth-order valence-electron chi connectivity index (χ4n) is 1.70. The van der Waals surface area contributed by atoms with Crippen molar-refractivity contribution in [2.45, 2.75) is 32.8 Å². The maximum absolute atomic E-state index is 10.9.